The van der Waals surface area contributed by atoms with Gasteiger partial charge in [-0.2, -0.15) is 4.98 Å². The lowest BCUT2D eigenvalue weighted by atomic mass is 10.1. The third-order valence-corrected chi connectivity index (χ3v) is 4.00. The van der Waals surface area contributed by atoms with Crippen LogP contribution in [0.25, 0.3) is 0 Å². The molecule has 6 nitrogen and oxygen atoms in total. The summed E-state index contributed by atoms with van der Waals surface area (Å²) >= 11 is 5.94. The smallest absolute Gasteiger partial charge is 0.223 e. The van der Waals surface area contributed by atoms with E-state index >= 15 is 0 Å². The first-order valence-corrected chi connectivity index (χ1v) is 7.89. The Morgan fingerprint density at radius 2 is 2.09 bits per heavy atom. The largest absolute Gasteiger partial charge is 0.368 e. The highest BCUT2D eigenvalue weighted by Crippen LogP contribution is 2.23. The van der Waals surface area contributed by atoms with E-state index in [4.69, 9.17) is 17.3 Å². The fraction of sp³-hybridized carbons (Fsp3) is 0.312. The third-order valence-electron chi connectivity index (χ3n) is 3.81. The van der Waals surface area contributed by atoms with Crippen molar-refractivity contribution in [3.8, 4) is 0 Å². The summed E-state index contributed by atoms with van der Waals surface area (Å²) in [5.41, 5.74) is 6.72. The highest BCUT2D eigenvalue weighted by atomic mass is 35.5. The monoisotopic (exact) mass is 331 g/mol. The van der Waals surface area contributed by atoms with Crippen LogP contribution in [0.4, 0.5) is 11.8 Å². The molecule has 1 aliphatic rings. The number of amides is 1. The maximum atomic E-state index is 11.9. The summed E-state index contributed by atoms with van der Waals surface area (Å²) in [6, 6.07) is 11.5. The molecule has 23 heavy (non-hydrogen) atoms. The van der Waals surface area contributed by atoms with E-state index in [1.807, 2.05) is 35.2 Å². The van der Waals surface area contributed by atoms with E-state index in [0.29, 0.717) is 18.8 Å². The zero-order chi connectivity index (χ0) is 16.2. The number of anilines is 2. The topological polar surface area (TPSA) is 84.1 Å². The van der Waals surface area contributed by atoms with Crippen molar-refractivity contribution in [2.45, 2.75) is 18.9 Å². The van der Waals surface area contributed by atoms with Crippen molar-refractivity contribution in [1.82, 2.24) is 14.9 Å². The maximum Gasteiger partial charge on any atom is 0.223 e. The minimum Gasteiger partial charge on any atom is -0.368 e. The number of rotatable bonds is 5. The van der Waals surface area contributed by atoms with Gasteiger partial charge in [0.05, 0.1) is 6.04 Å². The van der Waals surface area contributed by atoms with E-state index in [9.17, 15) is 4.79 Å². The first-order valence-electron chi connectivity index (χ1n) is 7.51. The molecule has 1 fully saturated rings. The second-order valence-corrected chi connectivity index (χ2v) is 5.87. The van der Waals surface area contributed by atoms with E-state index in [-0.39, 0.29) is 23.1 Å². The quantitative estimate of drug-likeness (QED) is 0.822. The van der Waals surface area contributed by atoms with E-state index in [0.717, 1.165) is 18.5 Å². The molecule has 0 saturated carbocycles. The minimum absolute atomic E-state index is 0.0939. The molecule has 1 atom stereocenters. The van der Waals surface area contributed by atoms with Crippen LogP contribution >= 0.6 is 11.6 Å². The van der Waals surface area contributed by atoms with Crippen molar-refractivity contribution in [2.24, 2.45) is 0 Å². The molecule has 0 bridgehead atoms. The van der Waals surface area contributed by atoms with Crippen LogP contribution in [0.3, 0.4) is 0 Å². The molecule has 2 aromatic rings. The lowest BCUT2D eigenvalue weighted by molar-refractivity contribution is -0.127. The highest BCUT2D eigenvalue weighted by Gasteiger charge is 2.24. The first-order chi connectivity index (χ1) is 11.1. The number of aromatic nitrogens is 2. The van der Waals surface area contributed by atoms with Gasteiger partial charge in [0.25, 0.3) is 0 Å². The fourth-order valence-corrected chi connectivity index (χ4v) is 2.91. The normalized spacial score (nSPS) is 15.7. The van der Waals surface area contributed by atoms with E-state index in [1.54, 1.807) is 6.07 Å². The molecule has 1 aromatic heterocycles. The average Bonchev–Trinajstić information content (AvgIpc) is 2.92. The number of likely N-dealkylation sites (tertiary alicyclic amines) is 1. The SMILES string of the molecule is Nc1nc(Cl)cc(N[C@@H](CN2CCCC2=O)c2ccccc2)n1. The van der Waals surface area contributed by atoms with Crippen molar-refractivity contribution in [3.63, 3.8) is 0 Å². The molecule has 0 radical (unpaired) electrons. The molecule has 1 aliphatic heterocycles. The second kappa shape index (κ2) is 6.83. The molecule has 1 aromatic carbocycles. The number of halogens is 1. The van der Waals surface area contributed by atoms with Crippen molar-refractivity contribution in [3.05, 3.63) is 47.1 Å². The highest BCUT2D eigenvalue weighted by molar-refractivity contribution is 6.29. The second-order valence-electron chi connectivity index (χ2n) is 5.49. The van der Waals surface area contributed by atoms with Crippen LogP contribution in [0.1, 0.15) is 24.4 Å². The summed E-state index contributed by atoms with van der Waals surface area (Å²) in [4.78, 5) is 21.8. The van der Waals surface area contributed by atoms with E-state index in [2.05, 4.69) is 15.3 Å². The summed E-state index contributed by atoms with van der Waals surface area (Å²) in [6.45, 7) is 1.36. The number of benzene rings is 1. The molecule has 0 unspecified atom stereocenters. The Labute approximate surface area is 139 Å². The van der Waals surface area contributed by atoms with Gasteiger partial charge in [0.15, 0.2) is 0 Å². The Hall–Kier alpha value is -2.34. The Kier molecular flexibility index (Phi) is 4.62. The lowest BCUT2D eigenvalue weighted by Crippen LogP contribution is -2.32. The zero-order valence-electron chi connectivity index (χ0n) is 12.6. The number of hydrogen-bond donors (Lipinski definition) is 2. The van der Waals surface area contributed by atoms with Gasteiger partial charge in [-0.15, -0.1) is 0 Å². The van der Waals surface area contributed by atoms with Crippen LogP contribution in [0, 0.1) is 0 Å². The summed E-state index contributed by atoms with van der Waals surface area (Å²) in [5.74, 6) is 0.847. The van der Waals surface area contributed by atoms with Crippen LogP contribution in [-0.4, -0.2) is 33.9 Å². The van der Waals surface area contributed by atoms with Gasteiger partial charge < -0.3 is 16.0 Å². The molecule has 1 amide bonds. The van der Waals surface area contributed by atoms with Gasteiger partial charge in [0.1, 0.15) is 11.0 Å². The molecule has 120 valence electrons. The van der Waals surface area contributed by atoms with Crippen LogP contribution in [-0.2, 0) is 4.79 Å². The average molecular weight is 332 g/mol. The molecule has 2 heterocycles. The Morgan fingerprint density at radius 1 is 1.30 bits per heavy atom. The maximum absolute atomic E-state index is 11.9. The predicted molar refractivity (Wildman–Crippen MR) is 90.1 cm³/mol. The van der Waals surface area contributed by atoms with Crippen LogP contribution in [0.2, 0.25) is 5.15 Å². The molecule has 0 spiro atoms. The summed E-state index contributed by atoms with van der Waals surface area (Å²) in [6.07, 6.45) is 1.53. The molecular formula is C16H18ClN5O. The zero-order valence-corrected chi connectivity index (χ0v) is 13.3. The summed E-state index contributed by atoms with van der Waals surface area (Å²) < 4.78 is 0. The first kappa shape index (κ1) is 15.6. The van der Waals surface area contributed by atoms with E-state index in [1.165, 1.54) is 0 Å². The number of hydrogen-bond acceptors (Lipinski definition) is 5. The Morgan fingerprint density at radius 3 is 2.74 bits per heavy atom. The van der Waals surface area contributed by atoms with Gasteiger partial charge in [-0.1, -0.05) is 41.9 Å². The number of nitrogens with one attached hydrogen (secondary N) is 1. The van der Waals surface area contributed by atoms with Gasteiger partial charge in [-0.05, 0) is 12.0 Å². The van der Waals surface area contributed by atoms with Crippen molar-refractivity contribution >= 4 is 29.3 Å². The number of carbonyl (C=O) groups is 1. The number of nitrogens with zero attached hydrogens (tertiary/aromatic N) is 3. The number of nitrogen functional groups attached to an aromatic ring is 1. The molecule has 3 rings (SSSR count). The van der Waals surface area contributed by atoms with Crippen molar-refractivity contribution in [2.75, 3.05) is 24.1 Å². The van der Waals surface area contributed by atoms with Crippen molar-refractivity contribution in [1.29, 1.82) is 0 Å². The van der Waals surface area contributed by atoms with Crippen LogP contribution in [0.15, 0.2) is 36.4 Å². The van der Waals surface area contributed by atoms with Crippen molar-refractivity contribution < 1.29 is 4.79 Å². The molecule has 7 heteroatoms. The molecular weight excluding hydrogens is 314 g/mol. The molecule has 0 aliphatic carbocycles. The summed E-state index contributed by atoms with van der Waals surface area (Å²) in [5, 5.41) is 3.60. The van der Waals surface area contributed by atoms with Gasteiger partial charge in [-0.25, -0.2) is 4.98 Å². The predicted octanol–water partition coefficient (Wildman–Crippen LogP) is 2.49. The number of nitrogens with two attached hydrogens (primary N) is 1. The van der Waals surface area contributed by atoms with Gasteiger partial charge in [0.2, 0.25) is 11.9 Å². The van der Waals surface area contributed by atoms with Crippen LogP contribution in [0.5, 0.6) is 0 Å². The molecule has 3 N–H and O–H groups in total. The van der Waals surface area contributed by atoms with Crippen LogP contribution < -0.4 is 11.1 Å². The third kappa shape index (κ3) is 3.90. The van der Waals surface area contributed by atoms with E-state index < -0.39 is 0 Å². The minimum atomic E-state index is -0.0939. The fourth-order valence-electron chi connectivity index (χ4n) is 2.72. The molecule has 1 saturated heterocycles. The Balaban J connectivity index is 1.84. The Bertz CT molecular complexity index is 674. The lowest BCUT2D eigenvalue weighted by Gasteiger charge is -2.25. The summed E-state index contributed by atoms with van der Waals surface area (Å²) in [7, 11) is 0. The van der Waals surface area contributed by atoms with Gasteiger partial charge in [-0.3, -0.25) is 4.79 Å². The number of carbonyl (C=O) groups excluding carboxylic acids is 1. The standard InChI is InChI=1S/C16H18ClN5O/c17-13-9-14(21-16(18)20-13)19-12(11-5-2-1-3-6-11)10-22-8-4-7-15(22)23/h1-3,5-6,9,12H,4,7-8,10H2,(H3,18,19,20,21)/t12-/m0/s1. The van der Waals surface area contributed by atoms with Gasteiger partial charge >= 0.3 is 0 Å². The van der Waals surface area contributed by atoms with Gasteiger partial charge in [0, 0.05) is 25.6 Å².